The lowest BCUT2D eigenvalue weighted by Crippen LogP contribution is -2.41. The van der Waals surface area contributed by atoms with E-state index in [-0.39, 0.29) is 17.2 Å². The standard InChI is InChI=1S/C16H17BrN4O5S/c1-4-26-13-10(17)5-9(6-12(13)25-3)14(23)20-21-15(24)11-7-27-16(19-11)18-8(2)22/h5-7H,4H2,1-3H3,(H,20,23)(H,21,24)(H,18,19,22). The van der Waals surface area contributed by atoms with Crippen LogP contribution >= 0.6 is 27.3 Å². The largest absolute Gasteiger partial charge is 0.493 e. The topological polar surface area (TPSA) is 119 Å². The molecule has 9 nitrogen and oxygen atoms in total. The lowest BCUT2D eigenvalue weighted by atomic mass is 10.2. The number of carbonyl (C=O) groups excluding carboxylic acids is 3. The highest BCUT2D eigenvalue weighted by atomic mass is 79.9. The van der Waals surface area contributed by atoms with E-state index < -0.39 is 11.8 Å². The van der Waals surface area contributed by atoms with E-state index in [9.17, 15) is 14.4 Å². The number of amides is 3. The average Bonchev–Trinajstić information content (AvgIpc) is 3.08. The summed E-state index contributed by atoms with van der Waals surface area (Å²) >= 11 is 4.43. The number of benzene rings is 1. The Morgan fingerprint density at radius 2 is 1.93 bits per heavy atom. The summed E-state index contributed by atoms with van der Waals surface area (Å²) in [5.74, 6) is -0.605. The summed E-state index contributed by atoms with van der Waals surface area (Å²) in [6.07, 6.45) is 0. The van der Waals surface area contributed by atoms with Crippen LogP contribution in [0.5, 0.6) is 11.5 Å². The van der Waals surface area contributed by atoms with Gasteiger partial charge >= 0.3 is 0 Å². The number of carbonyl (C=O) groups is 3. The second-order valence-corrected chi connectivity index (χ2v) is 6.76. The van der Waals surface area contributed by atoms with Crippen LogP contribution in [0.3, 0.4) is 0 Å². The van der Waals surface area contributed by atoms with Gasteiger partial charge in [-0.25, -0.2) is 4.98 Å². The number of hydrogen-bond donors (Lipinski definition) is 3. The minimum atomic E-state index is -0.617. The fraction of sp³-hybridized carbons (Fsp3) is 0.250. The van der Waals surface area contributed by atoms with Crippen molar-refractivity contribution in [3.05, 3.63) is 33.2 Å². The van der Waals surface area contributed by atoms with E-state index in [2.05, 4.69) is 37.1 Å². The van der Waals surface area contributed by atoms with E-state index in [1.807, 2.05) is 6.92 Å². The maximum absolute atomic E-state index is 12.3. The number of hydrogen-bond acceptors (Lipinski definition) is 7. The molecule has 0 fully saturated rings. The first-order valence-corrected chi connectivity index (χ1v) is 9.37. The van der Waals surface area contributed by atoms with Gasteiger partial charge in [-0.2, -0.15) is 0 Å². The van der Waals surface area contributed by atoms with Crippen molar-refractivity contribution in [2.45, 2.75) is 13.8 Å². The van der Waals surface area contributed by atoms with Gasteiger partial charge in [-0.15, -0.1) is 11.3 Å². The Morgan fingerprint density at radius 3 is 2.56 bits per heavy atom. The zero-order valence-electron chi connectivity index (χ0n) is 14.7. The second kappa shape index (κ2) is 9.33. The Kier molecular flexibility index (Phi) is 7.13. The minimum absolute atomic E-state index is 0.0644. The highest BCUT2D eigenvalue weighted by Gasteiger charge is 2.17. The Labute approximate surface area is 167 Å². The van der Waals surface area contributed by atoms with Gasteiger partial charge in [0.05, 0.1) is 18.2 Å². The van der Waals surface area contributed by atoms with E-state index in [0.717, 1.165) is 11.3 Å². The van der Waals surface area contributed by atoms with Crippen LogP contribution < -0.4 is 25.6 Å². The third-order valence-electron chi connectivity index (χ3n) is 3.09. The van der Waals surface area contributed by atoms with Crippen LogP contribution in [0.4, 0.5) is 5.13 Å². The van der Waals surface area contributed by atoms with Crippen LogP contribution in [-0.4, -0.2) is 36.4 Å². The first-order valence-electron chi connectivity index (χ1n) is 7.69. The van der Waals surface area contributed by atoms with Gasteiger partial charge in [0.15, 0.2) is 16.6 Å². The van der Waals surface area contributed by atoms with Crippen LogP contribution in [-0.2, 0) is 4.79 Å². The number of halogens is 1. The van der Waals surface area contributed by atoms with E-state index in [1.54, 1.807) is 6.07 Å². The molecule has 0 bridgehead atoms. The molecule has 11 heteroatoms. The molecule has 0 aliphatic rings. The van der Waals surface area contributed by atoms with Gasteiger partial charge in [0.2, 0.25) is 5.91 Å². The Hall–Kier alpha value is -2.66. The lowest BCUT2D eigenvalue weighted by Gasteiger charge is -2.13. The van der Waals surface area contributed by atoms with E-state index in [1.165, 1.54) is 25.5 Å². The molecule has 0 spiro atoms. The summed E-state index contributed by atoms with van der Waals surface area (Å²) in [6, 6.07) is 3.04. The maximum atomic E-state index is 12.3. The van der Waals surface area contributed by atoms with E-state index >= 15 is 0 Å². The van der Waals surface area contributed by atoms with Crippen molar-refractivity contribution in [3.63, 3.8) is 0 Å². The van der Waals surface area contributed by atoms with Crippen LogP contribution in [0.2, 0.25) is 0 Å². The second-order valence-electron chi connectivity index (χ2n) is 5.05. The molecular weight excluding hydrogens is 440 g/mol. The number of rotatable bonds is 6. The molecule has 2 aromatic rings. The number of aromatic nitrogens is 1. The highest BCUT2D eigenvalue weighted by Crippen LogP contribution is 2.36. The SMILES string of the molecule is CCOc1c(Br)cc(C(=O)NNC(=O)c2csc(NC(C)=O)n2)cc1OC. The summed E-state index contributed by atoms with van der Waals surface area (Å²) in [7, 11) is 1.46. The van der Waals surface area contributed by atoms with Crippen LogP contribution in [0, 0.1) is 0 Å². The quantitative estimate of drug-likeness (QED) is 0.574. The zero-order chi connectivity index (χ0) is 20.0. The molecule has 0 saturated heterocycles. The van der Waals surface area contributed by atoms with Crippen molar-refractivity contribution in [2.75, 3.05) is 19.0 Å². The number of nitrogens with one attached hydrogen (secondary N) is 3. The molecule has 144 valence electrons. The third kappa shape index (κ3) is 5.41. The monoisotopic (exact) mass is 456 g/mol. The molecule has 0 atom stereocenters. The van der Waals surface area contributed by atoms with Crippen LogP contribution in [0.15, 0.2) is 22.0 Å². The molecule has 1 aromatic heterocycles. The number of thiazole rings is 1. The van der Waals surface area contributed by atoms with E-state index in [4.69, 9.17) is 9.47 Å². The fourth-order valence-corrected chi connectivity index (χ4v) is 3.26. The van der Waals surface area contributed by atoms with Gasteiger partial charge in [-0.3, -0.25) is 25.2 Å². The molecule has 3 amide bonds. The maximum Gasteiger partial charge on any atom is 0.289 e. The average molecular weight is 457 g/mol. The van der Waals surface area contributed by atoms with Gasteiger partial charge < -0.3 is 14.8 Å². The number of methoxy groups -OCH3 is 1. The molecule has 1 heterocycles. The number of hydrazine groups is 1. The predicted octanol–water partition coefficient (Wildman–Crippen LogP) is 2.35. The van der Waals surface area contributed by atoms with Crippen LogP contribution in [0.1, 0.15) is 34.7 Å². The van der Waals surface area contributed by atoms with E-state index in [0.29, 0.717) is 27.7 Å². The molecule has 2 rings (SSSR count). The molecule has 1 aromatic carbocycles. The van der Waals surface area contributed by atoms with Crippen LogP contribution in [0.25, 0.3) is 0 Å². The molecule has 0 radical (unpaired) electrons. The minimum Gasteiger partial charge on any atom is -0.493 e. The number of nitrogens with zero attached hydrogens (tertiary/aromatic N) is 1. The lowest BCUT2D eigenvalue weighted by molar-refractivity contribution is -0.114. The molecule has 27 heavy (non-hydrogen) atoms. The van der Waals surface area contributed by atoms with Gasteiger partial charge in [-0.1, -0.05) is 0 Å². The van der Waals surface area contributed by atoms with Gasteiger partial charge in [0, 0.05) is 17.9 Å². The molecule has 0 aliphatic heterocycles. The summed E-state index contributed by atoms with van der Waals surface area (Å²) in [5.41, 5.74) is 4.88. The number of ether oxygens (including phenoxy) is 2. The van der Waals surface area contributed by atoms with Crippen molar-refractivity contribution in [2.24, 2.45) is 0 Å². The van der Waals surface area contributed by atoms with Crippen molar-refractivity contribution >= 4 is 50.1 Å². The molecular formula is C16H17BrN4O5S. The van der Waals surface area contributed by atoms with Gasteiger partial charge in [0.25, 0.3) is 11.8 Å². The summed E-state index contributed by atoms with van der Waals surface area (Å²) in [5, 5.41) is 4.23. The van der Waals surface area contributed by atoms with Gasteiger partial charge in [0.1, 0.15) is 5.69 Å². The highest BCUT2D eigenvalue weighted by molar-refractivity contribution is 9.10. The van der Waals surface area contributed by atoms with Crippen molar-refractivity contribution in [3.8, 4) is 11.5 Å². The summed E-state index contributed by atoms with van der Waals surface area (Å²) < 4.78 is 11.2. The molecule has 3 N–H and O–H groups in total. The first kappa shape index (κ1) is 20.6. The first-order chi connectivity index (χ1) is 12.8. The normalized spacial score (nSPS) is 10.1. The van der Waals surface area contributed by atoms with Crippen molar-refractivity contribution in [1.82, 2.24) is 15.8 Å². The zero-order valence-corrected chi connectivity index (χ0v) is 17.1. The Balaban J connectivity index is 2.04. The summed E-state index contributed by atoms with van der Waals surface area (Å²) in [6.45, 7) is 3.60. The molecule has 0 saturated carbocycles. The third-order valence-corrected chi connectivity index (χ3v) is 4.44. The number of anilines is 1. The van der Waals surface area contributed by atoms with Crippen molar-refractivity contribution in [1.29, 1.82) is 0 Å². The summed E-state index contributed by atoms with van der Waals surface area (Å²) in [4.78, 5) is 39.3. The smallest absolute Gasteiger partial charge is 0.289 e. The predicted molar refractivity (Wildman–Crippen MR) is 103 cm³/mol. The van der Waals surface area contributed by atoms with Crippen molar-refractivity contribution < 1.29 is 23.9 Å². The Bertz CT molecular complexity index is 870. The van der Waals surface area contributed by atoms with Gasteiger partial charge in [-0.05, 0) is 35.0 Å². The fourth-order valence-electron chi connectivity index (χ4n) is 1.97. The molecule has 0 aliphatic carbocycles. The molecule has 0 unspecified atom stereocenters. The Morgan fingerprint density at radius 1 is 1.22 bits per heavy atom.